The minimum atomic E-state index is -0.429. The maximum atomic E-state index is 10.9. The molecule has 0 spiro atoms. The first kappa shape index (κ1) is 12.9. The molecule has 2 atom stereocenters. The molecule has 1 aliphatic rings. The molecule has 0 amide bonds. The maximum Gasteiger partial charge on any atom is 0.406 e. The summed E-state index contributed by atoms with van der Waals surface area (Å²) < 4.78 is 1.69. The molecule has 1 aliphatic carbocycles. The summed E-state index contributed by atoms with van der Waals surface area (Å²) >= 11 is 0. The number of nitrogens with zero attached hydrogens (tertiary/aromatic N) is 3. The molecule has 1 N–H and O–H groups in total. The molecule has 18 heavy (non-hydrogen) atoms. The molecule has 1 saturated carbocycles. The number of imidazole rings is 1. The van der Waals surface area contributed by atoms with Gasteiger partial charge >= 0.3 is 5.82 Å². The first-order valence-corrected chi connectivity index (χ1v) is 6.50. The highest BCUT2D eigenvalue weighted by atomic mass is 16.6. The Morgan fingerprint density at radius 1 is 1.44 bits per heavy atom. The van der Waals surface area contributed by atoms with Crippen LogP contribution in [-0.4, -0.2) is 20.5 Å². The van der Waals surface area contributed by atoms with Crippen LogP contribution in [0.25, 0.3) is 0 Å². The first-order chi connectivity index (χ1) is 8.58. The minimum absolute atomic E-state index is 0.0743. The lowest BCUT2D eigenvalue weighted by Crippen LogP contribution is -2.20. The number of anilines is 1. The third-order valence-electron chi connectivity index (χ3n) is 3.69. The van der Waals surface area contributed by atoms with Crippen LogP contribution in [0.15, 0.2) is 6.33 Å². The van der Waals surface area contributed by atoms with E-state index in [1.807, 2.05) is 0 Å². The van der Waals surface area contributed by atoms with Gasteiger partial charge in [0.1, 0.15) is 0 Å². The maximum absolute atomic E-state index is 10.9. The molecule has 0 aliphatic heterocycles. The lowest BCUT2D eigenvalue weighted by atomic mass is 10.0. The Labute approximate surface area is 107 Å². The molecule has 1 aromatic heterocycles. The monoisotopic (exact) mass is 252 g/mol. The van der Waals surface area contributed by atoms with Crippen LogP contribution in [-0.2, 0) is 7.05 Å². The van der Waals surface area contributed by atoms with Gasteiger partial charge in [-0.15, -0.1) is 0 Å². The summed E-state index contributed by atoms with van der Waals surface area (Å²) in [6, 6.07) is 0.323. The van der Waals surface area contributed by atoms with Gasteiger partial charge < -0.3 is 15.4 Å². The highest BCUT2D eigenvalue weighted by Gasteiger charge is 2.24. The van der Waals surface area contributed by atoms with E-state index in [0.29, 0.717) is 11.9 Å². The Morgan fingerprint density at radius 3 is 2.94 bits per heavy atom. The smallest absolute Gasteiger partial charge is 0.362 e. The van der Waals surface area contributed by atoms with E-state index in [1.54, 1.807) is 11.6 Å². The van der Waals surface area contributed by atoms with Crippen LogP contribution in [0.5, 0.6) is 0 Å². The molecule has 1 fully saturated rings. The normalized spacial score (nSPS) is 24.6. The number of nitro groups is 1. The average molecular weight is 252 g/mol. The van der Waals surface area contributed by atoms with Crippen LogP contribution in [0, 0.1) is 16.0 Å². The number of aryl methyl sites for hydroxylation is 1. The van der Waals surface area contributed by atoms with Crippen molar-refractivity contribution in [3.05, 3.63) is 16.4 Å². The van der Waals surface area contributed by atoms with E-state index < -0.39 is 4.92 Å². The second kappa shape index (κ2) is 5.37. The van der Waals surface area contributed by atoms with Crippen molar-refractivity contribution in [2.45, 2.75) is 45.1 Å². The zero-order valence-electron chi connectivity index (χ0n) is 10.9. The Kier molecular flexibility index (Phi) is 3.84. The molecule has 6 heteroatoms. The summed E-state index contributed by atoms with van der Waals surface area (Å²) in [5, 5.41) is 14.2. The summed E-state index contributed by atoms with van der Waals surface area (Å²) in [5.74, 6) is 1.22. The third-order valence-corrected chi connectivity index (χ3v) is 3.69. The molecule has 2 rings (SSSR count). The van der Waals surface area contributed by atoms with Gasteiger partial charge in [-0.05, 0) is 35.1 Å². The van der Waals surface area contributed by atoms with Gasteiger partial charge in [-0.25, -0.2) is 0 Å². The molecule has 2 unspecified atom stereocenters. The Morgan fingerprint density at radius 2 is 2.22 bits per heavy atom. The molecule has 100 valence electrons. The first-order valence-electron chi connectivity index (χ1n) is 6.50. The van der Waals surface area contributed by atoms with Gasteiger partial charge in [0.15, 0.2) is 0 Å². The zero-order valence-corrected chi connectivity index (χ0v) is 10.9. The summed E-state index contributed by atoms with van der Waals surface area (Å²) in [4.78, 5) is 14.3. The molecular formula is C12H20N4O2. The highest BCUT2D eigenvalue weighted by molar-refractivity contribution is 5.52. The number of hydrogen-bond acceptors (Lipinski definition) is 4. The summed E-state index contributed by atoms with van der Waals surface area (Å²) in [5.41, 5.74) is 0. The van der Waals surface area contributed by atoms with Gasteiger partial charge in [-0.3, -0.25) is 4.57 Å². The van der Waals surface area contributed by atoms with Crippen molar-refractivity contribution in [1.82, 2.24) is 9.55 Å². The predicted octanol–water partition coefficient (Wildman–Crippen LogP) is 2.71. The van der Waals surface area contributed by atoms with Crippen LogP contribution in [0.3, 0.4) is 0 Å². The van der Waals surface area contributed by atoms with E-state index in [1.165, 1.54) is 25.6 Å². The minimum Gasteiger partial charge on any atom is -0.362 e. The molecule has 1 aromatic rings. The van der Waals surface area contributed by atoms with Gasteiger partial charge in [-0.1, -0.05) is 19.8 Å². The van der Waals surface area contributed by atoms with Crippen molar-refractivity contribution >= 4 is 11.6 Å². The van der Waals surface area contributed by atoms with Gasteiger partial charge in [0.2, 0.25) is 12.1 Å². The van der Waals surface area contributed by atoms with Crippen molar-refractivity contribution in [2.75, 3.05) is 5.32 Å². The van der Waals surface area contributed by atoms with Crippen LogP contribution in [0.4, 0.5) is 11.6 Å². The van der Waals surface area contributed by atoms with E-state index in [2.05, 4.69) is 17.2 Å². The molecule has 1 heterocycles. The fourth-order valence-electron chi connectivity index (χ4n) is 2.54. The molecule has 0 aromatic carbocycles. The van der Waals surface area contributed by atoms with Gasteiger partial charge in [0.25, 0.3) is 0 Å². The van der Waals surface area contributed by atoms with Crippen LogP contribution < -0.4 is 5.32 Å². The number of aromatic nitrogens is 2. The van der Waals surface area contributed by atoms with E-state index >= 15 is 0 Å². The Hall–Kier alpha value is -1.59. The van der Waals surface area contributed by atoms with Crippen molar-refractivity contribution in [1.29, 1.82) is 0 Å². The lowest BCUT2D eigenvalue weighted by Gasteiger charge is -2.17. The van der Waals surface area contributed by atoms with Crippen molar-refractivity contribution < 1.29 is 4.92 Å². The topological polar surface area (TPSA) is 73.0 Å². The van der Waals surface area contributed by atoms with Crippen molar-refractivity contribution in [3.63, 3.8) is 0 Å². The van der Waals surface area contributed by atoms with Crippen LogP contribution in [0.2, 0.25) is 0 Å². The van der Waals surface area contributed by atoms with Gasteiger partial charge in [0, 0.05) is 13.1 Å². The summed E-state index contributed by atoms with van der Waals surface area (Å²) in [6.07, 6.45) is 7.26. The Bertz CT molecular complexity index is 430. The second-order valence-corrected chi connectivity index (χ2v) is 5.24. The van der Waals surface area contributed by atoms with Gasteiger partial charge in [-0.2, -0.15) is 0 Å². The summed E-state index contributed by atoms with van der Waals surface area (Å²) in [7, 11) is 1.78. The fraction of sp³-hybridized carbons (Fsp3) is 0.750. The SMILES string of the molecule is CC1CCCC(Nc2c([N+](=O)[O-])ncn2C)CC1. The average Bonchev–Trinajstić information content (AvgIpc) is 2.54. The van der Waals surface area contributed by atoms with Gasteiger partial charge in [0.05, 0.1) is 0 Å². The number of rotatable bonds is 3. The molecular weight excluding hydrogens is 232 g/mol. The van der Waals surface area contributed by atoms with Crippen molar-refractivity contribution in [2.24, 2.45) is 13.0 Å². The zero-order chi connectivity index (χ0) is 13.1. The van der Waals surface area contributed by atoms with E-state index in [9.17, 15) is 10.1 Å². The largest absolute Gasteiger partial charge is 0.406 e. The number of hydrogen-bond donors (Lipinski definition) is 1. The fourth-order valence-corrected chi connectivity index (χ4v) is 2.54. The molecule has 0 saturated heterocycles. The predicted molar refractivity (Wildman–Crippen MR) is 69.5 cm³/mol. The summed E-state index contributed by atoms with van der Waals surface area (Å²) in [6.45, 7) is 2.27. The number of nitrogens with one attached hydrogen (secondary N) is 1. The van der Waals surface area contributed by atoms with Crippen molar-refractivity contribution in [3.8, 4) is 0 Å². The standard InChI is InChI=1S/C12H20N4O2/c1-9-4-3-5-10(7-6-9)14-12-11(16(17)18)13-8-15(12)2/h8-10,14H,3-7H2,1-2H3. The van der Waals surface area contributed by atoms with E-state index in [4.69, 9.17) is 0 Å². The van der Waals surface area contributed by atoms with Crippen LogP contribution in [0.1, 0.15) is 39.0 Å². The quantitative estimate of drug-likeness (QED) is 0.510. The van der Waals surface area contributed by atoms with E-state index in [-0.39, 0.29) is 5.82 Å². The second-order valence-electron chi connectivity index (χ2n) is 5.24. The van der Waals surface area contributed by atoms with E-state index in [0.717, 1.165) is 18.8 Å². The Balaban J connectivity index is 2.08. The molecule has 0 bridgehead atoms. The lowest BCUT2D eigenvalue weighted by molar-refractivity contribution is -0.388. The van der Waals surface area contributed by atoms with Crippen LogP contribution >= 0.6 is 0 Å². The molecule has 0 radical (unpaired) electrons. The third kappa shape index (κ3) is 2.80. The molecule has 6 nitrogen and oxygen atoms in total. The highest BCUT2D eigenvalue weighted by Crippen LogP contribution is 2.28.